The van der Waals surface area contributed by atoms with Crippen LogP contribution in [-0.4, -0.2) is 44.2 Å². The number of nitrogens with one attached hydrogen (secondary N) is 1. The van der Waals surface area contributed by atoms with Crippen LogP contribution in [0.15, 0.2) is 51.4 Å². The predicted molar refractivity (Wildman–Crippen MR) is 117 cm³/mol. The van der Waals surface area contributed by atoms with Gasteiger partial charge in [-0.15, -0.1) is 24.0 Å². The molecule has 3 rings (SSSR count). The highest BCUT2D eigenvalue weighted by Gasteiger charge is 2.10. The normalized spacial score (nSPS) is 14.7. The van der Waals surface area contributed by atoms with Crippen molar-refractivity contribution in [1.82, 2.24) is 10.2 Å². The van der Waals surface area contributed by atoms with Crippen LogP contribution in [0.25, 0.3) is 11.0 Å². The topological polar surface area (TPSA) is 50.0 Å². The fourth-order valence-electron chi connectivity index (χ4n) is 2.99. The van der Waals surface area contributed by atoms with Crippen molar-refractivity contribution in [3.05, 3.63) is 47.7 Å². The lowest BCUT2D eigenvalue weighted by Crippen LogP contribution is -2.38. The number of furan rings is 1. The molecule has 142 valence electrons. The van der Waals surface area contributed by atoms with Crippen molar-refractivity contribution >= 4 is 40.9 Å². The molecule has 0 aliphatic carbocycles. The number of aliphatic imine (C=N–C) groups is 1. The lowest BCUT2D eigenvalue weighted by atomic mass is 10.1. The Morgan fingerprint density at radius 1 is 1.31 bits per heavy atom. The minimum atomic E-state index is 0. The molecule has 0 radical (unpaired) electrons. The fraction of sp³-hybridized carbons (Fsp3) is 0.450. The van der Waals surface area contributed by atoms with Crippen molar-refractivity contribution in [1.29, 1.82) is 0 Å². The average molecular weight is 469 g/mol. The highest BCUT2D eigenvalue weighted by molar-refractivity contribution is 14.0. The van der Waals surface area contributed by atoms with Gasteiger partial charge in [-0.1, -0.05) is 29.8 Å². The smallest absolute Gasteiger partial charge is 0.194 e. The van der Waals surface area contributed by atoms with E-state index < -0.39 is 0 Å². The molecule has 0 amide bonds. The zero-order chi connectivity index (χ0) is 17.5. The lowest BCUT2D eigenvalue weighted by molar-refractivity contribution is 0.153. The van der Waals surface area contributed by atoms with Gasteiger partial charge >= 0.3 is 0 Å². The molecule has 2 heterocycles. The summed E-state index contributed by atoms with van der Waals surface area (Å²) >= 11 is 0. The minimum absolute atomic E-state index is 0. The fourth-order valence-corrected chi connectivity index (χ4v) is 2.99. The second-order valence-corrected chi connectivity index (χ2v) is 6.28. The molecule has 6 heteroatoms. The molecule has 2 aromatic rings. The molecular weight excluding hydrogens is 441 g/mol. The summed E-state index contributed by atoms with van der Waals surface area (Å²) in [5.41, 5.74) is 2.38. The van der Waals surface area contributed by atoms with E-state index in [1.807, 2.05) is 25.2 Å². The van der Waals surface area contributed by atoms with Crippen LogP contribution in [0.4, 0.5) is 0 Å². The summed E-state index contributed by atoms with van der Waals surface area (Å²) < 4.78 is 11.3. The zero-order valence-corrected chi connectivity index (χ0v) is 17.9. The predicted octanol–water partition coefficient (Wildman–Crippen LogP) is 4.18. The molecule has 0 saturated heterocycles. The Kier molecular flexibility index (Phi) is 8.44. The third-order valence-corrected chi connectivity index (χ3v) is 4.32. The van der Waals surface area contributed by atoms with Crippen molar-refractivity contribution in [3.8, 4) is 0 Å². The van der Waals surface area contributed by atoms with E-state index >= 15 is 0 Å². The van der Waals surface area contributed by atoms with Crippen molar-refractivity contribution in [2.24, 2.45) is 4.99 Å². The Labute approximate surface area is 172 Å². The van der Waals surface area contributed by atoms with Gasteiger partial charge in [0.15, 0.2) is 5.96 Å². The number of ether oxygens (including phenoxy) is 1. The molecule has 1 aromatic heterocycles. The second kappa shape index (κ2) is 10.6. The average Bonchev–Trinajstić information content (AvgIpc) is 3.04. The van der Waals surface area contributed by atoms with Crippen LogP contribution >= 0.6 is 24.0 Å². The van der Waals surface area contributed by atoms with Crippen molar-refractivity contribution < 1.29 is 9.15 Å². The minimum Gasteiger partial charge on any atom is -0.459 e. The van der Waals surface area contributed by atoms with Crippen LogP contribution in [-0.2, 0) is 11.3 Å². The van der Waals surface area contributed by atoms with Crippen LogP contribution in [0.1, 0.15) is 25.5 Å². The molecular formula is C20H28IN3O2. The highest BCUT2D eigenvalue weighted by Crippen LogP contribution is 2.19. The van der Waals surface area contributed by atoms with E-state index in [4.69, 9.17) is 14.1 Å². The highest BCUT2D eigenvalue weighted by atomic mass is 127. The standard InChI is InChI=1S/C20H27N3O2.HI/c1-3-21-20(22-11-8-16-9-12-24-13-10-16)23(2)15-18-14-17-6-4-5-7-19(17)25-18;/h4-7,9,14H,3,8,10-13,15H2,1-2H3,(H,21,22);1H. The van der Waals surface area contributed by atoms with Gasteiger partial charge in [-0.2, -0.15) is 0 Å². The molecule has 0 fully saturated rings. The van der Waals surface area contributed by atoms with E-state index in [1.54, 1.807) is 0 Å². The monoisotopic (exact) mass is 469 g/mol. The van der Waals surface area contributed by atoms with Gasteiger partial charge in [-0.05, 0) is 31.9 Å². The summed E-state index contributed by atoms with van der Waals surface area (Å²) in [6.45, 7) is 5.99. The molecule has 0 spiro atoms. The van der Waals surface area contributed by atoms with E-state index in [9.17, 15) is 0 Å². The molecule has 1 N–H and O–H groups in total. The number of halogens is 1. The van der Waals surface area contributed by atoms with Crippen LogP contribution in [0, 0.1) is 0 Å². The van der Waals surface area contributed by atoms with Gasteiger partial charge in [0, 0.05) is 25.5 Å². The third kappa shape index (κ3) is 5.74. The summed E-state index contributed by atoms with van der Waals surface area (Å²) in [5.74, 6) is 1.86. The molecule has 0 atom stereocenters. The van der Waals surface area contributed by atoms with Crippen molar-refractivity contribution in [2.75, 3.05) is 33.4 Å². The number of hydrogen-bond acceptors (Lipinski definition) is 3. The number of nitrogens with zero attached hydrogens (tertiary/aromatic N) is 2. The van der Waals surface area contributed by atoms with Crippen LogP contribution in [0.3, 0.4) is 0 Å². The van der Waals surface area contributed by atoms with E-state index in [0.717, 1.165) is 61.8 Å². The summed E-state index contributed by atoms with van der Waals surface area (Å²) in [7, 11) is 2.04. The van der Waals surface area contributed by atoms with Crippen molar-refractivity contribution in [2.45, 2.75) is 26.3 Å². The summed E-state index contributed by atoms with van der Waals surface area (Å²) in [6, 6.07) is 10.2. The number of guanidine groups is 1. The maximum absolute atomic E-state index is 5.92. The number of para-hydroxylation sites is 1. The zero-order valence-electron chi connectivity index (χ0n) is 15.5. The molecule has 0 bridgehead atoms. The van der Waals surface area contributed by atoms with Gasteiger partial charge in [0.1, 0.15) is 11.3 Å². The van der Waals surface area contributed by atoms with Crippen LogP contribution < -0.4 is 5.32 Å². The Bertz CT molecular complexity index is 721. The maximum atomic E-state index is 5.92. The Morgan fingerprint density at radius 3 is 2.88 bits per heavy atom. The first kappa shape index (κ1) is 20.8. The molecule has 1 aliphatic rings. The maximum Gasteiger partial charge on any atom is 0.194 e. The molecule has 1 aliphatic heterocycles. The second-order valence-electron chi connectivity index (χ2n) is 6.28. The van der Waals surface area contributed by atoms with Crippen LogP contribution in [0.2, 0.25) is 0 Å². The molecule has 1 aromatic carbocycles. The number of hydrogen-bond donors (Lipinski definition) is 1. The Morgan fingerprint density at radius 2 is 2.15 bits per heavy atom. The largest absolute Gasteiger partial charge is 0.459 e. The number of fused-ring (bicyclic) bond motifs is 1. The van der Waals surface area contributed by atoms with E-state index in [1.165, 1.54) is 5.57 Å². The van der Waals surface area contributed by atoms with Crippen LogP contribution in [0.5, 0.6) is 0 Å². The van der Waals surface area contributed by atoms with Gasteiger partial charge in [0.25, 0.3) is 0 Å². The van der Waals surface area contributed by atoms with Gasteiger partial charge in [0.2, 0.25) is 0 Å². The Balaban J connectivity index is 0.00000243. The van der Waals surface area contributed by atoms with Gasteiger partial charge in [-0.3, -0.25) is 4.99 Å². The first-order valence-electron chi connectivity index (χ1n) is 8.99. The quantitative estimate of drug-likeness (QED) is 0.299. The molecule has 26 heavy (non-hydrogen) atoms. The summed E-state index contributed by atoms with van der Waals surface area (Å²) in [4.78, 5) is 6.88. The first-order valence-corrected chi connectivity index (χ1v) is 8.99. The van der Waals surface area contributed by atoms with E-state index in [-0.39, 0.29) is 24.0 Å². The van der Waals surface area contributed by atoms with Gasteiger partial charge < -0.3 is 19.4 Å². The first-order chi connectivity index (χ1) is 12.3. The van der Waals surface area contributed by atoms with Gasteiger partial charge in [-0.25, -0.2) is 0 Å². The van der Waals surface area contributed by atoms with E-state index in [0.29, 0.717) is 6.54 Å². The lowest BCUT2D eigenvalue weighted by Gasteiger charge is -2.21. The van der Waals surface area contributed by atoms with E-state index in [2.05, 4.69) is 35.3 Å². The molecule has 0 saturated carbocycles. The molecule has 5 nitrogen and oxygen atoms in total. The van der Waals surface area contributed by atoms with Crippen molar-refractivity contribution in [3.63, 3.8) is 0 Å². The summed E-state index contributed by atoms with van der Waals surface area (Å²) in [6.07, 6.45) is 4.21. The SMILES string of the molecule is CCNC(=NCCC1=CCOCC1)N(C)Cc1cc2ccccc2o1.I. The number of rotatable bonds is 6. The summed E-state index contributed by atoms with van der Waals surface area (Å²) in [5, 5.41) is 4.50. The Hall–Kier alpha value is -1.54. The molecule has 0 unspecified atom stereocenters. The third-order valence-electron chi connectivity index (χ3n) is 4.32. The van der Waals surface area contributed by atoms with Gasteiger partial charge in [0.05, 0.1) is 19.8 Å². The number of benzene rings is 1.